The third-order valence-electron chi connectivity index (χ3n) is 3.51. The molecular formula is C18H13N4PS. The number of hydrogen-bond donors (Lipinski definition) is 1. The molecule has 0 aliphatic carbocycles. The molecule has 4 aromatic heterocycles. The molecule has 0 atom stereocenters. The van der Waals surface area contributed by atoms with E-state index in [9.17, 15) is 0 Å². The van der Waals surface area contributed by atoms with Gasteiger partial charge in [0.1, 0.15) is 0 Å². The number of rotatable bonds is 4. The minimum atomic E-state index is 0.972. The van der Waals surface area contributed by atoms with Crippen molar-refractivity contribution in [3.63, 3.8) is 0 Å². The van der Waals surface area contributed by atoms with Crippen molar-refractivity contribution in [2.24, 2.45) is 0 Å². The van der Waals surface area contributed by atoms with Crippen LogP contribution in [0.2, 0.25) is 0 Å². The highest BCUT2D eigenvalue weighted by Gasteiger charge is 2.09. The molecule has 0 fully saturated rings. The molecule has 116 valence electrons. The van der Waals surface area contributed by atoms with E-state index in [1.54, 1.807) is 18.1 Å². The molecule has 0 bridgehead atoms. The van der Waals surface area contributed by atoms with Gasteiger partial charge in [-0.3, -0.25) is 15.0 Å². The minimum absolute atomic E-state index is 0.972. The Labute approximate surface area is 145 Å². The molecule has 0 saturated carbocycles. The maximum atomic E-state index is 4.59. The van der Waals surface area contributed by atoms with Crippen molar-refractivity contribution in [1.29, 1.82) is 0 Å². The maximum absolute atomic E-state index is 4.59. The van der Waals surface area contributed by atoms with Crippen molar-refractivity contribution in [3.05, 3.63) is 73.2 Å². The summed E-state index contributed by atoms with van der Waals surface area (Å²) in [6.07, 6.45) is 9.09. The van der Waals surface area contributed by atoms with Crippen molar-refractivity contribution in [3.8, 4) is 10.9 Å². The molecule has 4 rings (SSSR count). The van der Waals surface area contributed by atoms with Crippen LogP contribution in [0.25, 0.3) is 21.8 Å². The molecule has 0 saturated heterocycles. The molecule has 0 aliphatic heterocycles. The first-order valence-electron chi connectivity index (χ1n) is 7.39. The number of aromatic nitrogens is 3. The fourth-order valence-electron chi connectivity index (χ4n) is 2.41. The quantitative estimate of drug-likeness (QED) is 0.501. The van der Waals surface area contributed by atoms with E-state index in [0.717, 1.165) is 29.7 Å². The number of nitrogens with zero attached hydrogens (tertiary/aromatic N) is 3. The maximum Gasteiger partial charge on any atom is 0.0955 e. The molecule has 0 radical (unpaired) electrons. The predicted octanol–water partition coefficient (Wildman–Crippen LogP) is 5.39. The highest BCUT2D eigenvalue weighted by Crippen LogP contribution is 2.39. The molecule has 4 aromatic rings. The largest absolute Gasteiger partial charge is 0.323 e. The summed E-state index contributed by atoms with van der Waals surface area (Å²) in [5.74, 6) is 2.16. The Morgan fingerprint density at radius 1 is 0.917 bits per heavy atom. The van der Waals surface area contributed by atoms with Crippen LogP contribution in [-0.2, 0) is 0 Å². The van der Waals surface area contributed by atoms with Gasteiger partial charge in [0.05, 0.1) is 11.2 Å². The first-order chi connectivity index (χ1) is 11.9. The second kappa shape index (κ2) is 6.95. The smallest absolute Gasteiger partial charge is 0.0955 e. The zero-order valence-corrected chi connectivity index (χ0v) is 14.3. The lowest BCUT2D eigenvalue weighted by molar-refractivity contribution is 1.24. The average molecular weight is 348 g/mol. The van der Waals surface area contributed by atoms with Crippen LogP contribution in [0.4, 0.5) is 5.69 Å². The summed E-state index contributed by atoms with van der Waals surface area (Å²) in [6.45, 7) is 0. The second-order valence-electron chi connectivity index (χ2n) is 5.05. The zero-order chi connectivity index (χ0) is 16.2. The zero-order valence-electron chi connectivity index (χ0n) is 12.6. The molecule has 1 N–H and O–H groups in total. The highest BCUT2D eigenvalue weighted by atomic mass is 32.2. The fraction of sp³-hybridized carbons (Fsp3) is 0. The number of fused-ring (bicyclic) bond motifs is 1. The Balaban J connectivity index is 1.73. The Morgan fingerprint density at radius 3 is 2.62 bits per heavy atom. The Kier molecular flexibility index (Phi) is 4.36. The second-order valence-corrected chi connectivity index (χ2v) is 6.89. The molecule has 0 amide bonds. The van der Waals surface area contributed by atoms with Crippen LogP contribution in [0.15, 0.2) is 78.1 Å². The topological polar surface area (TPSA) is 50.7 Å². The Morgan fingerprint density at radius 2 is 1.79 bits per heavy atom. The van der Waals surface area contributed by atoms with Crippen LogP contribution in [-0.4, -0.2) is 15.0 Å². The van der Waals surface area contributed by atoms with Gasteiger partial charge in [0.2, 0.25) is 0 Å². The van der Waals surface area contributed by atoms with E-state index in [1.807, 2.05) is 55.1 Å². The van der Waals surface area contributed by atoms with Gasteiger partial charge in [-0.2, -0.15) is 0 Å². The van der Waals surface area contributed by atoms with E-state index in [0.29, 0.717) is 0 Å². The number of pyridine rings is 3. The van der Waals surface area contributed by atoms with E-state index < -0.39 is 0 Å². The average Bonchev–Trinajstić information content (AvgIpc) is 2.67. The summed E-state index contributed by atoms with van der Waals surface area (Å²) in [7, 11) is 1.14. The summed E-state index contributed by atoms with van der Waals surface area (Å²) in [6, 6.07) is 12.1. The summed E-state index contributed by atoms with van der Waals surface area (Å²) in [4.78, 5) is 13.9. The Bertz CT molecular complexity index is 964. The van der Waals surface area contributed by atoms with E-state index in [4.69, 9.17) is 0 Å². The van der Waals surface area contributed by atoms with Gasteiger partial charge in [-0.1, -0.05) is 14.3 Å². The van der Waals surface area contributed by atoms with Crippen molar-refractivity contribution >= 4 is 36.7 Å². The van der Waals surface area contributed by atoms with Gasteiger partial charge < -0.3 is 4.72 Å². The number of anilines is 1. The van der Waals surface area contributed by atoms with Crippen molar-refractivity contribution in [2.75, 3.05) is 4.72 Å². The predicted molar refractivity (Wildman–Crippen MR) is 101 cm³/mol. The van der Waals surface area contributed by atoms with E-state index in [2.05, 4.69) is 31.5 Å². The van der Waals surface area contributed by atoms with Crippen LogP contribution in [0, 0.1) is 0 Å². The minimum Gasteiger partial charge on any atom is -0.323 e. The first kappa shape index (κ1) is 15.1. The van der Waals surface area contributed by atoms with Crippen molar-refractivity contribution in [1.82, 2.24) is 15.0 Å². The van der Waals surface area contributed by atoms with Crippen molar-refractivity contribution < 1.29 is 0 Å². The molecule has 4 nitrogen and oxygen atoms in total. The third-order valence-corrected chi connectivity index (χ3v) is 5.45. The Hall–Kier alpha value is -2.49. The lowest BCUT2D eigenvalue weighted by Crippen LogP contribution is -1.90. The van der Waals surface area contributed by atoms with Crippen LogP contribution in [0.3, 0.4) is 0 Å². The summed E-state index contributed by atoms with van der Waals surface area (Å²) in [5, 5.41) is 2.40. The van der Waals surface area contributed by atoms with Gasteiger partial charge in [-0.15, -0.1) is 0 Å². The SMILES string of the molecule is c1cncc(SNc2cpc(-c3ccncc3)c3cccnc23)c1. The third kappa shape index (κ3) is 3.09. The van der Waals surface area contributed by atoms with E-state index >= 15 is 0 Å². The molecule has 0 unspecified atom stereocenters. The van der Waals surface area contributed by atoms with Gasteiger partial charge in [0, 0.05) is 46.6 Å². The lowest BCUT2D eigenvalue weighted by Gasteiger charge is -2.11. The molecule has 0 aliphatic rings. The molecule has 0 aromatic carbocycles. The monoisotopic (exact) mass is 348 g/mol. The molecular weight excluding hydrogens is 335 g/mol. The van der Waals surface area contributed by atoms with Crippen LogP contribution in [0.1, 0.15) is 0 Å². The molecule has 0 spiro atoms. The lowest BCUT2D eigenvalue weighted by atomic mass is 10.1. The number of nitrogens with one attached hydrogen (secondary N) is 1. The van der Waals surface area contributed by atoms with Gasteiger partial charge in [-0.25, -0.2) is 0 Å². The molecule has 4 heterocycles. The van der Waals surface area contributed by atoms with Gasteiger partial charge in [0.15, 0.2) is 0 Å². The summed E-state index contributed by atoms with van der Waals surface area (Å²) in [5.41, 5.74) is 3.18. The summed E-state index contributed by atoms with van der Waals surface area (Å²) >= 11 is 1.54. The van der Waals surface area contributed by atoms with E-state index in [1.165, 1.54) is 10.9 Å². The van der Waals surface area contributed by atoms with Crippen molar-refractivity contribution in [2.45, 2.75) is 4.90 Å². The van der Waals surface area contributed by atoms with Crippen LogP contribution < -0.4 is 4.72 Å². The van der Waals surface area contributed by atoms with Crippen LogP contribution in [0.5, 0.6) is 0 Å². The fourth-order valence-corrected chi connectivity index (χ4v) is 4.20. The first-order valence-corrected chi connectivity index (χ1v) is 9.17. The van der Waals surface area contributed by atoms with Gasteiger partial charge in [-0.05, 0) is 53.6 Å². The molecule has 24 heavy (non-hydrogen) atoms. The highest BCUT2D eigenvalue weighted by molar-refractivity contribution is 8.00. The number of hydrogen-bond acceptors (Lipinski definition) is 5. The molecule has 6 heteroatoms. The van der Waals surface area contributed by atoms with Gasteiger partial charge >= 0.3 is 0 Å². The van der Waals surface area contributed by atoms with Gasteiger partial charge in [0.25, 0.3) is 0 Å². The standard InChI is InChI=1S/C18H13N4PS/c1-3-14(11-20-7-1)24-22-16-12-23-18(13-5-9-19-10-6-13)15-4-2-8-21-17(15)16/h1-12,22H. The summed E-state index contributed by atoms with van der Waals surface area (Å²) < 4.78 is 3.41. The van der Waals surface area contributed by atoms with Crippen LogP contribution >= 0.6 is 20.1 Å². The van der Waals surface area contributed by atoms with E-state index in [-0.39, 0.29) is 0 Å². The normalized spacial score (nSPS) is 11.0.